The normalized spacial score (nSPS) is 17.4. The molecule has 0 saturated carbocycles. The lowest BCUT2D eigenvalue weighted by Crippen LogP contribution is -2.33. The van der Waals surface area contributed by atoms with E-state index in [1.54, 1.807) is 6.07 Å². The molecule has 1 N–H and O–H groups in total. The highest BCUT2D eigenvalue weighted by Gasteiger charge is 2.16. The summed E-state index contributed by atoms with van der Waals surface area (Å²) in [4.78, 5) is 10.7. The number of piperidine rings is 1. The Morgan fingerprint density at radius 2 is 2.17 bits per heavy atom. The van der Waals surface area contributed by atoms with Gasteiger partial charge >= 0.3 is 0 Å². The zero-order valence-corrected chi connectivity index (χ0v) is 11.0. The molecule has 1 saturated heterocycles. The van der Waals surface area contributed by atoms with E-state index in [0.29, 0.717) is 17.4 Å². The number of rotatable bonds is 3. The topological polar surface area (TPSA) is 64.8 Å². The van der Waals surface area contributed by atoms with Gasteiger partial charge in [-0.1, -0.05) is 0 Å². The van der Waals surface area contributed by atoms with Gasteiger partial charge in [0.15, 0.2) is 0 Å². The van der Waals surface area contributed by atoms with Crippen LogP contribution < -0.4 is 5.32 Å². The lowest BCUT2D eigenvalue weighted by atomic mass is 9.97. The minimum Gasteiger partial charge on any atom is -0.370 e. The molecule has 0 bridgehead atoms. The van der Waals surface area contributed by atoms with E-state index in [2.05, 4.69) is 33.3 Å². The summed E-state index contributed by atoms with van der Waals surface area (Å²) in [6.07, 6.45) is 2.44. The molecular formula is C13H19N5. The van der Waals surface area contributed by atoms with Crippen molar-refractivity contribution in [3.05, 3.63) is 17.6 Å². The Morgan fingerprint density at radius 3 is 2.83 bits per heavy atom. The molecule has 5 nitrogen and oxygen atoms in total. The van der Waals surface area contributed by atoms with Gasteiger partial charge in [0.2, 0.25) is 0 Å². The Balaban J connectivity index is 1.90. The Hall–Kier alpha value is -1.67. The van der Waals surface area contributed by atoms with E-state index >= 15 is 0 Å². The van der Waals surface area contributed by atoms with Crippen LogP contribution in [0.2, 0.25) is 0 Å². The molecule has 0 spiro atoms. The zero-order chi connectivity index (χ0) is 13.0. The summed E-state index contributed by atoms with van der Waals surface area (Å²) in [5.41, 5.74) is 0.424. The van der Waals surface area contributed by atoms with Gasteiger partial charge in [-0.05, 0) is 45.8 Å². The van der Waals surface area contributed by atoms with Gasteiger partial charge in [0.1, 0.15) is 23.4 Å². The predicted octanol–water partition coefficient (Wildman–Crippen LogP) is 1.41. The minimum absolute atomic E-state index is 0.424. The number of aryl methyl sites for hydroxylation is 1. The summed E-state index contributed by atoms with van der Waals surface area (Å²) in [6, 6.07) is 3.76. The summed E-state index contributed by atoms with van der Waals surface area (Å²) < 4.78 is 0. The number of nitrogens with zero attached hydrogens (tertiary/aromatic N) is 4. The molecule has 1 aliphatic rings. The van der Waals surface area contributed by atoms with Crippen molar-refractivity contribution in [3.8, 4) is 6.07 Å². The third-order valence-electron chi connectivity index (χ3n) is 3.36. The number of nitrogens with one attached hydrogen (secondary N) is 1. The largest absolute Gasteiger partial charge is 0.370 e. The van der Waals surface area contributed by atoms with Crippen molar-refractivity contribution in [1.82, 2.24) is 14.9 Å². The second-order valence-electron chi connectivity index (χ2n) is 4.92. The van der Waals surface area contributed by atoms with E-state index in [1.807, 2.05) is 6.92 Å². The number of likely N-dealkylation sites (tertiary alicyclic amines) is 1. The van der Waals surface area contributed by atoms with Gasteiger partial charge in [-0.3, -0.25) is 0 Å². The summed E-state index contributed by atoms with van der Waals surface area (Å²) in [5, 5.41) is 12.2. The molecule has 1 aliphatic heterocycles. The molecule has 5 heteroatoms. The first-order valence-corrected chi connectivity index (χ1v) is 6.35. The van der Waals surface area contributed by atoms with E-state index in [1.165, 1.54) is 25.9 Å². The zero-order valence-electron chi connectivity index (χ0n) is 11.0. The Labute approximate surface area is 108 Å². The van der Waals surface area contributed by atoms with Crippen molar-refractivity contribution < 1.29 is 0 Å². The van der Waals surface area contributed by atoms with Crippen molar-refractivity contribution in [2.75, 3.05) is 32.0 Å². The summed E-state index contributed by atoms with van der Waals surface area (Å²) in [6.45, 7) is 5.06. The van der Waals surface area contributed by atoms with Crippen LogP contribution in [0.15, 0.2) is 6.07 Å². The van der Waals surface area contributed by atoms with Crippen LogP contribution in [0.1, 0.15) is 24.4 Å². The highest BCUT2D eigenvalue weighted by Crippen LogP contribution is 2.16. The van der Waals surface area contributed by atoms with Crippen LogP contribution >= 0.6 is 0 Å². The molecule has 0 aliphatic carbocycles. The minimum atomic E-state index is 0.424. The van der Waals surface area contributed by atoms with Crippen molar-refractivity contribution in [2.45, 2.75) is 19.8 Å². The van der Waals surface area contributed by atoms with Gasteiger partial charge in [0.25, 0.3) is 0 Å². The lowest BCUT2D eigenvalue weighted by molar-refractivity contribution is 0.226. The van der Waals surface area contributed by atoms with Crippen LogP contribution in [0, 0.1) is 24.2 Å². The molecule has 18 heavy (non-hydrogen) atoms. The molecule has 0 aromatic carbocycles. The fraction of sp³-hybridized carbons (Fsp3) is 0.615. The van der Waals surface area contributed by atoms with E-state index in [-0.39, 0.29) is 0 Å². The average Bonchev–Trinajstić information content (AvgIpc) is 2.37. The van der Waals surface area contributed by atoms with Crippen molar-refractivity contribution in [1.29, 1.82) is 5.26 Å². The second kappa shape index (κ2) is 5.78. The molecular weight excluding hydrogens is 226 g/mol. The number of anilines is 1. The van der Waals surface area contributed by atoms with Gasteiger partial charge < -0.3 is 10.2 Å². The third-order valence-corrected chi connectivity index (χ3v) is 3.36. The summed E-state index contributed by atoms with van der Waals surface area (Å²) in [7, 11) is 2.16. The second-order valence-corrected chi connectivity index (χ2v) is 4.92. The molecule has 96 valence electrons. The molecule has 1 aromatic rings. The first kappa shape index (κ1) is 12.8. The number of aromatic nitrogens is 2. The van der Waals surface area contributed by atoms with Crippen LogP contribution in [-0.2, 0) is 0 Å². The SMILES string of the molecule is Cc1nc(C#N)cc(NCC2CCN(C)CC2)n1. The molecule has 0 amide bonds. The molecule has 1 aromatic heterocycles. The highest BCUT2D eigenvalue weighted by atomic mass is 15.1. The Morgan fingerprint density at radius 1 is 1.44 bits per heavy atom. The number of hydrogen-bond acceptors (Lipinski definition) is 5. The van der Waals surface area contributed by atoms with Gasteiger partial charge in [0, 0.05) is 12.6 Å². The van der Waals surface area contributed by atoms with E-state index < -0.39 is 0 Å². The standard InChI is InChI=1S/C13H19N5/c1-10-16-12(8-14)7-13(17-10)15-9-11-3-5-18(2)6-4-11/h7,11H,3-6,9H2,1-2H3,(H,15,16,17). The van der Waals surface area contributed by atoms with Crippen LogP contribution in [0.4, 0.5) is 5.82 Å². The number of nitriles is 1. The van der Waals surface area contributed by atoms with Crippen LogP contribution in [-0.4, -0.2) is 41.5 Å². The van der Waals surface area contributed by atoms with Gasteiger partial charge in [-0.25, -0.2) is 9.97 Å². The Bertz CT molecular complexity index is 443. The lowest BCUT2D eigenvalue weighted by Gasteiger charge is -2.29. The maximum Gasteiger partial charge on any atom is 0.146 e. The predicted molar refractivity (Wildman–Crippen MR) is 70.2 cm³/mol. The van der Waals surface area contributed by atoms with Gasteiger partial charge in [-0.15, -0.1) is 0 Å². The first-order valence-electron chi connectivity index (χ1n) is 6.35. The monoisotopic (exact) mass is 245 g/mol. The quantitative estimate of drug-likeness (QED) is 0.872. The molecule has 0 radical (unpaired) electrons. The third kappa shape index (κ3) is 3.41. The van der Waals surface area contributed by atoms with Crippen LogP contribution in [0.5, 0.6) is 0 Å². The van der Waals surface area contributed by atoms with E-state index in [4.69, 9.17) is 5.26 Å². The van der Waals surface area contributed by atoms with Gasteiger partial charge in [0.05, 0.1) is 0 Å². The van der Waals surface area contributed by atoms with Crippen molar-refractivity contribution >= 4 is 5.82 Å². The first-order chi connectivity index (χ1) is 8.67. The van der Waals surface area contributed by atoms with Crippen LogP contribution in [0.3, 0.4) is 0 Å². The maximum atomic E-state index is 8.86. The molecule has 2 rings (SSSR count). The Kier molecular flexibility index (Phi) is 4.11. The molecule has 1 fully saturated rings. The van der Waals surface area contributed by atoms with Crippen molar-refractivity contribution in [2.24, 2.45) is 5.92 Å². The molecule has 2 heterocycles. The highest BCUT2D eigenvalue weighted by molar-refractivity contribution is 5.39. The van der Waals surface area contributed by atoms with E-state index in [0.717, 1.165) is 12.4 Å². The number of hydrogen-bond donors (Lipinski definition) is 1. The summed E-state index contributed by atoms with van der Waals surface area (Å²) >= 11 is 0. The smallest absolute Gasteiger partial charge is 0.146 e. The van der Waals surface area contributed by atoms with Crippen LogP contribution in [0.25, 0.3) is 0 Å². The molecule has 0 unspecified atom stereocenters. The van der Waals surface area contributed by atoms with Gasteiger partial charge in [-0.2, -0.15) is 5.26 Å². The van der Waals surface area contributed by atoms with Crippen molar-refractivity contribution in [3.63, 3.8) is 0 Å². The average molecular weight is 245 g/mol. The summed E-state index contributed by atoms with van der Waals surface area (Å²) in [5.74, 6) is 2.10. The fourth-order valence-corrected chi connectivity index (χ4v) is 2.23. The maximum absolute atomic E-state index is 8.86. The van der Waals surface area contributed by atoms with E-state index in [9.17, 15) is 0 Å². The fourth-order valence-electron chi connectivity index (χ4n) is 2.23. The molecule has 0 atom stereocenters.